The summed E-state index contributed by atoms with van der Waals surface area (Å²) in [6.45, 7) is 1.44. The van der Waals surface area contributed by atoms with Crippen LogP contribution in [0.4, 0.5) is 32.0 Å². The van der Waals surface area contributed by atoms with E-state index in [1.54, 1.807) is 0 Å². The van der Waals surface area contributed by atoms with Gasteiger partial charge >= 0.3 is 6.18 Å². The highest BCUT2D eigenvalue weighted by atomic mass is 32.2. The van der Waals surface area contributed by atoms with Crippen LogP contribution in [-0.2, 0) is 0 Å². The second-order valence-corrected chi connectivity index (χ2v) is 6.46. The van der Waals surface area contributed by atoms with E-state index in [-0.39, 0.29) is 10.6 Å². The molecule has 9 heteroatoms. The van der Waals surface area contributed by atoms with E-state index in [0.717, 1.165) is 6.07 Å². The van der Waals surface area contributed by atoms with Crippen molar-refractivity contribution in [3.63, 3.8) is 0 Å². The summed E-state index contributed by atoms with van der Waals surface area (Å²) in [7, 11) is 0. The van der Waals surface area contributed by atoms with E-state index in [2.05, 4.69) is 4.99 Å². The first-order chi connectivity index (χ1) is 11.2. The van der Waals surface area contributed by atoms with Crippen molar-refractivity contribution in [1.82, 2.24) is 4.90 Å². The number of amidine groups is 1. The van der Waals surface area contributed by atoms with Gasteiger partial charge in [0.15, 0.2) is 0 Å². The molecule has 0 spiro atoms. The first-order valence-corrected chi connectivity index (χ1v) is 8.24. The number of thioether (sulfide) groups is 1. The fourth-order valence-corrected chi connectivity index (χ4v) is 3.19. The van der Waals surface area contributed by atoms with E-state index < -0.39 is 30.7 Å². The Morgan fingerprint density at radius 3 is 2.62 bits per heavy atom. The second-order valence-electron chi connectivity index (χ2n) is 5.44. The molecule has 134 valence electrons. The van der Waals surface area contributed by atoms with Crippen LogP contribution in [0.5, 0.6) is 0 Å². The third-order valence-corrected chi connectivity index (χ3v) is 4.66. The minimum absolute atomic E-state index is 0.124. The summed E-state index contributed by atoms with van der Waals surface area (Å²) in [5.41, 5.74) is 0.253. The number of aliphatic imine (C=N–C) groups is 1. The molecule has 0 saturated carbocycles. The minimum atomic E-state index is -4.34. The van der Waals surface area contributed by atoms with Gasteiger partial charge in [-0.1, -0.05) is 0 Å². The molecule has 1 saturated heterocycles. The van der Waals surface area contributed by atoms with Crippen LogP contribution in [0.3, 0.4) is 0 Å². The Hall–Kier alpha value is -1.38. The van der Waals surface area contributed by atoms with Gasteiger partial charge in [0.25, 0.3) is 6.43 Å². The van der Waals surface area contributed by atoms with E-state index in [9.17, 15) is 26.3 Å². The molecule has 0 aliphatic carbocycles. The molecule has 24 heavy (non-hydrogen) atoms. The summed E-state index contributed by atoms with van der Waals surface area (Å²) in [5.74, 6) is -1.43. The Labute approximate surface area is 139 Å². The molecule has 0 amide bonds. The maximum Gasteiger partial charge on any atom is 0.398 e. The van der Waals surface area contributed by atoms with Crippen LogP contribution in [-0.4, -0.2) is 42.2 Å². The summed E-state index contributed by atoms with van der Waals surface area (Å²) < 4.78 is 76.2. The van der Waals surface area contributed by atoms with Crippen molar-refractivity contribution in [1.29, 1.82) is 0 Å². The third kappa shape index (κ3) is 5.32. The molecule has 0 N–H and O–H groups in total. The summed E-state index contributed by atoms with van der Waals surface area (Å²) >= 11 is 0.552. The van der Waals surface area contributed by atoms with Crippen LogP contribution in [0.15, 0.2) is 22.0 Å². The lowest BCUT2D eigenvalue weighted by Crippen LogP contribution is -2.29. The van der Waals surface area contributed by atoms with Gasteiger partial charge in [0.05, 0.1) is 12.3 Å². The van der Waals surface area contributed by atoms with Gasteiger partial charge < -0.3 is 4.90 Å². The Morgan fingerprint density at radius 2 is 2.00 bits per heavy atom. The molecular weight excluding hydrogens is 354 g/mol. The highest BCUT2D eigenvalue weighted by molar-refractivity contribution is 7.99. The van der Waals surface area contributed by atoms with Gasteiger partial charge in [-0.05, 0) is 31.0 Å². The van der Waals surface area contributed by atoms with Crippen molar-refractivity contribution < 1.29 is 26.3 Å². The van der Waals surface area contributed by atoms with Gasteiger partial charge in [-0.15, -0.1) is 11.8 Å². The van der Waals surface area contributed by atoms with Crippen molar-refractivity contribution in [2.24, 2.45) is 4.99 Å². The number of alkyl halides is 5. The lowest BCUT2D eigenvalue weighted by molar-refractivity contribution is -0.105. The number of aryl methyl sites for hydroxylation is 1. The van der Waals surface area contributed by atoms with Gasteiger partial charge in [0.2, 0.25) is 0 Å². The molecule has 1 aromatic carbocycles. The lowest BCUT2D eigenvalue weighted by Gasteiger charge is -2.18. The first kappa shape index (κ1) is 19.0. The number of rotatable bonds is 5. The molecule has 1 aliphatic heterocycles. The summed E-state index contributed by atoms with van der Waals surface area (Å²) in [6, 6.07) is 2.36. The molecule has 0 bridgehead atoms. The third-order valence-electron chi connectivity index (χ3n) is 3.44. The minimum Gasteiger partial charge on any atom is -0.354 e. The predicted molar refractivity (Wildman–Crippen MR) is 81.8 cm³/mol. The zero-order valence-corrected chi connectivity index (χ0v) is 13.7. The normalized spacial score (nSPS) is 17.3. The number of benzene rings is 1. The molecule has 1 heterocycles. The van der Waals surface area contributed by atoms with Crippen molar-refractivity contribution in [3.05, 3.63) is 23.5 Å². The zero-order chi connectivity index (χ0) is 17.9. The molecule has 2 nitrogen and oxygen atoms in total. The predicted octanol–water partition coefficient (Wildman–Crippen LogP) is 5.18. The van der Waals surface area contributed by atoms with Crippen LogP contribution in [0.25, 0.3) is 0 Å². The molecule has 2 rings (SSSR count). The van der Waals surface area contributed by atoms with Gasteiger partial charge in [-0.25, -0.2) is 18.2 Å². The van der Waals surface area contributed by atoms with Crippen molar-refractivity contribution in [3.8, 4) is 0 Å². The van der Waals surface area contributed by atoms with Crippen molar-refractivity contribution in [2.45, 2.75) is 37.3 Å². The maximum atomic E-state index is 14.0. The Morgan fingerprint density at radius 1 is 1.29 bits per heavy atom. The average Bonchev–Trinajstić information content (AvgIpc) is 2.86. The van der Waals surface area contributed by atoms with Gasteiger partial charge in [-0.2, -0.15) is 13.2 Å². The lowest BCUT2D eigenvalue weighted by atomic mass is 10.2. The molecule has 1 aromatic rings. The number of hydrogen-bond acceptors (Lipinski definition) is 2. The van der Waals surface area contributed by atoms with Crippen LogP contribution in [0.2, 0.25) is 0 Å². The summed E-state index contributed by atoms with van der Waals surface area (Å²) in [4.78, 5) is 5.73. The molecule has 0 unspecified atom stereocenters. The van der Waals surface area contributed by atoms with Crippen LogP contribution >= 0.6 is 11.8 Å². The number of hydrogen-bond donors (Lipinski definition) is 0. The van der Waals surface area contributed by atoms with Gasteiger partial charge in [-0.3, -0.25) is 0 Å². The van der Waals surface area contributed by atoms with Gasteiger partial charge in [0.1, 0.15) is 17.3 Å². The summed E-state index contributed by atoms with van der Waals surface area (Å²) in [5, 5.41) is 0. The number of nitrogens with zero attached hydrogens (tertiary/aromatic N) is 2. The van der Waals surface area contributed by atoms with Crippen molar-refractivity contribution in [2.75, 3.05) is 18.8 Å². The Bertz CT molecular complexity index is 615. The largest absolute Gasteiger partial charge is 0.398 e. The zero-order valence-electron chi connectivity index (χ0n) is 12.8. The van der Waals surface area contributed by atoms with E-state index >= 15 is 0 Å². The van der Waals surface area contributed by atoms with E-state index in [1.165, 1.54) is 17.9 Å². The quantitative estimate of drug-likeness (QED) is 0.524. The smallest absolute Gasteiger partial charge is 0.354 e. The van der Waals surface area contributed by atoms with E-state index in [0.29, 0.717) is 42.5 Å². The highest BCUT2D eigenvalue weighted by Crippen LogP contribution is 2.34. The molecule has 1 fully saturated rings. The number of halogens is 6. The van der Waals surface area contributed by atoms with E-state index in [4.69, 9.17) is 0 Å². The topological polar surface area (TPSA) is 15.6 Å². The molecule has 0 aromatic heterocycles. The van der Waals surface area contributed by atoms with Gasteiger partial charge in [0, 0.05) is 17.9 Å². The maximum absolute atomic E-state index is 14.0. The standard InChI is InChI=1S/C15H16F6N2S/c1-9-5-10(16)11(6-12(9)24-8-15(19,20)21)22-14-3-2-4-23(14)7-13(17)18/h5-6,13H,2-4,7-8H2,1H3/b22-14+. The Kier molecular flexibility index (Phi) is 6.06. The Balaban J connectivity index is 2.24. The molecular formula is C15H16F6N2S. The molecule has 1 aliphatic rings. The average molecular weight is 370 g/mol. The van der Waals surface area contributed by atoms with Crippen LogP contribution in [0.1, 0.15) is 18.4 Å². The number of likely N-dealkylation sites (tertiary alicyclic amines) is 1. The molecule has 0 atom stereocenters. The van der Waals surface area contributed by atoms with Crippen molar-refractivity contribution >= 4 is 23.3 Å². The molecule has 0 radical (unpaired) electrons. The fraction of sp³-hybridized carbons (Fsp3) is 0.533. The van der Waals surface area contributed by atoms with E-state index in [1.807, 2.05) is 0 Å². The monoisotopic (exact) mass is 370 g/mol. The fourth-order valence-electron chi connectivity index (χ4n) is 2.39. The highest BCUT2D eigenvalue weighted by Gasteiger charge is 2.28. The van der Waals surface area contributed by atoms with Crippen LogP contribution < -0.4 is 0 Å². The first-order valence-electron chi connectivity index (χ1n) is 7.26. The SMILES string of the molecule is Cc1cc(F)c(/N=C2\CCCN2CC(F)F)cc1SCC(F)(F)F. The summed E-state index contributed by atoms with van der Waals surface area (Å²) in [6.07, 6.45) is -5.80. The van der Waals surface area contributed by atoms with Crippen LogP contribution in [0, 0.1) is 12.7 Å². The second kappa shape index (κ2) is 7.67.